The van der Waals surface area contributed by atoms with Gasteiger partial charge in [0, 0.05) is 24.7 Å². The molecule has 1 aliphatic heterocycles. The molecular formula is C22H23ClN8O3. The highest BCUT2D eigenvalue weighted by molar-refractivity contribution is 6.30. The molecule has 11 nitrogen and oxygen atoms in total. The number of carbonyl (C=O) groups is 2. The standard InChI is InChI=1S/C22H23ClN8O3/c1-11(13-4-3-7-25-19(13)23)34-22(33)28-20-18(29-30-31(20)2)16-6-5-12(8-26-16)27-21(32)17-14-9-24-10-15(14)17/h3-8,11,14-15,17,24H,9-10H2,1-2H3,(H,27,32)(H,28,33)/t11-,14-,15+,17?/m1/s1. The SMILES string of the molecule is C[C@@H](OC(=O)Nc1c(-c2ccc(NC(=O)C3[C@H]4CNC[C@@H]34)cn2)nnn1C)c1cccnc1Cl. The molecule has 12 heteroatoms. The maximum atomic E-state index is 12.5. The Bertz CT molecular complexity index is 1220. The van der Waals surface area contributed by atoms with Crippen molar-refractivity contribution in [1.29, 1.82) is 0 Å². The van der Waals surface area contributed by atoms with E-state index in [4.69, 9.17) is 16.3 Å². The molecule has 1 saturated carbocycles. The number of ether oxygens (including phenoxy) is 1. The molecule has 1 unspecified atom stereocenters. The minimum absolute atomic E-state index is 0.0264. The van der Waals surface area contributed by atoms with E-state index in [2.05, 4.69) is 36.2 Å². The van der Waals surface area contributed by atoms with Gasteiger partial charge >= 0.3 is 6.09 Å². The molecule has 3 aromatic rings. The van der Waals surface area contributed by atoms with E-state index in [-0.39, 0.29) is 17.0 Å². The number of aromatic nitrogens is 5. The monoisotopic (exact) mass is 482 g/mol. The van der Waals surface area contributed by atoms with Crippen LogP contribution in [0.15, 0.2) is 36.7 Å². The number of fused-ring (bicyclic) bond motifs is 1. The van der Waals surface area contributed by atoms with Crippen molar-refractivity contribution in [2.75, 3.05) is 23.7 Å². The Morgan fingerprint density at radius 2 is 2.00 bits per heavy atom. The minimum Gasteiger partial charge on any atom is -0.441 e. The van der Waals surface area contributed by atoms with Gasteiger partial charge in [-0.05, 0) is 50.0 Å². The second kappa shape index (κ2) is 8.99. The van der Waals surface area contributed by atoms with E-state index in [0.717, 1.165) is 13.1 Å². The predicted octanol–water partition coefficient (Wildman–Crippen LogP) is 2.64. The first-order valence-electron chi connectivity index (χ1n) is 10.9. The lowest BCUT2D eigenvalue weighted by Crippen LogP contribution is -2.23. The molecule has 2 amide bonds. The molecule has 5 rings (SSSR count). The summed E-state index contributed by atoms with van der Waals surface area (Å²) in [6, 6.07) is 6.91. The fraction of sp³-hybridized carbons (Fsp3) is 0.364. The zero-order valence-corrected chi connectivity index (χ0v) is 19.3. The highest BCUT2D eigenvalue weighted by atomic mass is 35.5. The van der Waals surface area contributed by atoms with E-state index in [1.165, 1.54) is 4.68 Å². The van der Waals surface area contributed by atoms with Crippen LogP contribution in [0.1, 0.15) is 18.6 Å². The van der Waals surface area contributed by atoms with Crippen LogP contribution in [-0.2, 0) is 16.6 Å². The van der Waals surface area contributed by atoms with Gasteiger partial charge in [0.05, 0.1) is 17.6 Å². The summed E-state index contributed by atoms with van der Waals surface area (Å²) in [5, 5.41) is 17.2. The molecule has 3 N–H and O–H groups in total. The van der Waals surface area contributed by atoms with Gasteiger partial charge in [-0.2, -0.15) is 0 Å². The molecule has 3 aromatic heterocycles. The van der Waals surface area contributed by atoms with Crippen molar-refractivity contribution in [2.45, 2.75) is 13.0 Å². The number of pyridine rings is 2. The Balaban J connectivity index is 1.24. The van der Waals surface area contributed by atoms with E-state index in [9.17, 15) is 9.59 Å². The number of amides is 2. The number of halogens is 1. The van der Waals surface area contributed by atoms with Crippen LogP contribution in [0.4, 0.5) is 16.3 Å². The summed E-state index contributed by atoms with van der Waals surface area (Å²) in [4.78, 5) is 33.4. The first kappa shape index (κ1) is 22.2. The van der Waals surface area contributed by atoms with Crippen molar-refractivity contribution in [1.82, 2.24) is 30.3 Å². The number of piperidine rings is 1. The Morgan fingerprint density at radius 1 is 1.21 bits per heavy atom. The number of aryl methyl sites for hydroxylation is 1. The summed E-state index contributed by atoms with van der Waals surface area (Å²) in [7, 11) is 1.64. The van der Waals surface area contributed by atoms with Crippen molar-refractivity contribution in [3.8, 4) is 11.4 Å². The number of nitrogens with zero attached hydrogens (tertiary/aromatic N) is 5. The fourth-order valence-corrected chi connectivity index (χ4v) is 4.64. The normalized spacial score (nSPS) is 21.4. The number of hydrogen-bond donors (Lipinski definition) is 3. The molecule has 4 heterocycles. The van der Waals surface area contributed by atoms with E-state index in [1.807, 2.05) is 0 Å². The van der Waals surface area contributed by atoms with Crippen molar-refractivity contribution in [3.63, 3.8) is 0 Å². The third-order valence-corrected chi connectivity index (χ3v) is 6.54. The van der Waals surface area contributed by atoms with Crippen LogP contribution < -0.4 is 16.0 Å². The maximum Gasteiger partial charge on any atom is 0.413 e. The van der Waals surface area contributed by atoms with E-state index in [1.54, 1.807) is 50.6 Å². The van der Waals surface area contributed by atoms with Crippen LogP contribution in [0.3, 0.4) is 0 Å². The van der Waals surface area contributed by atoms with Gasteiger partial charge in [-0.25, -0.2) is 14.5 Å². The van der Waals surface area contributed by atoms with Crippen LogP contribution in [-0.4, -0.2) is 50.1 Å². The van der Waals surface area contributed by atoms with Crippen molar-refractivity contribution < 1.29 is 14.3 Å². The molecule has 34 heavy (non-hydrogen) atoms. The van der Waals surface area contributed by atoms with Crippen LogP contribution in [0.5, 0.6) is 0 Å². The molecule has 0 radical (unpaired) electrons. The van der Waals surface area contributed by atoms with Gasteiger partial charge in [0.2, 0.25) is 5.91 Å². The highest BCUT2D eigenvalue weighted by Crippen LogP contribution is 2.49. The van der Waals surface area contributed by atoms with Gasteiger partial charge in [0.1, 0.15) is 11.3 Å². The van der Waals surface area contributed by atoms with Crippen LogP contribution in [0.2, 0.25) is 5.15 Å². The zero-order valence-electron chi connectivity index (χ0n) is 18.5. The second-order valence-electron chi connectivity index (χ2n) is 8.40. The van der Waals surface area contributed by atoms with Crippen molar-refractivity contribution in [2.24, 2.45) is 24.8 Å². The first-order chi connectivity index (χ1) is 16.4. The average molecular weight is 483 g/mol. The number of rotatable bonds is 6. The summed E-state index contributed by atoms with van der Waals surface area (Å²) in [6.45, 7) is 3.50. The summed E-state index contributed by atoms with van der Waals surface area (Å²) in [6.07, 6.45) is 1.80. The predicted molar refractivity (Wildman–Crippen MR) is 124 cm³/mol. The molecular weight excluding hydrogens is 460 g/mol. The zero-order chi connectivity index (χ0) is 23.8. The van der Waals surface area contributed by atoms with Gasteiger partial charge < -0.3 is 15.4 Å². The molecule has 0 aromatic carbocycles. The Morgan fingerprint density at radius 3 is 2.71 bits per heavy atom. The number of nitrogens with one attached hydrogen (secondary N) is 3. The van der Waals surface area contributed by atoms with E-state index in [0.29, 0.717) is 40.3 Å². The summed E-state index contributed by atoms with van der Waals surface area (Å²) >= 11 is 6.08. The third kappa shape index (κ3) is 4.31. The quantitative estimate of drug-likeness (QED) is 0.456. The van der Waals surface area contributed by atoms with Crippen molar-refractivity contribution >= 4 is 35.1 Å². The number of hydrogen-bond acceptors (Lipinski definition) is 8. The van der Waals surface area contributed by atoms with Crippen molar-refractivity contribution in [3.05, 3.63) is 47.4 Å². The molecule has 2 fully saturated rings. The lowest BCUT2D eigenvalue weighted by atomic mass is 10.2. The Labute approximate surface area is 200 Å². The third-order valence-electron chi connectivity index (χ3n) is 6.23. The number of anilines is 2. The van der Waals surface area contributed by atoms with Crippen LogP contribution in [0.25, 0.3) is 11.4 Å². The van der Waals surface area contributed by atoms with Gasteiger partial charge in [-0.1, -0.05) is 22.9 Å². The van der Waals surface area contributed by atoms with Gasteiger partial charge in [-0.15, -0.1) is 5.10 Å². The first-order valence-corrected chi connectivity index (χ1v) is 11.3. The fourth-order valence-electron chi connectivity index (χ4n) is 4.36. The molecule has 1 saturated heterocycles. The molecule has 2 aliphatic rings. The summed E-state index contributed by atoms with van der Waals surface area (Å²) in [5.41, 5.74) is 2.05. The topological polar surface area (TPSA) is 136 Å². The second-order valence-corrected chi connectivity index (χ2v) is 8.76. The lowest BCUT2D eigenvalue weighted by molar-refractivity contribution is -0.118. The van der Waals surface area contributed by atoms with Gasteiger partial charge in [0.25, 0.3) is 0 Å². The lowest BCUT2D eigenvalue weighted by Gasteiger charge is -2.15. The van der Waals surface area contributed by atoms with E-state index >= 15 is 0 Å². The van der Waals surface area contributed by atoms with Crippen LogP contribution in [0, 0.1) is 17.8 Å². The summed E-state index contributed by atoms with van der Waals surface area (Å²) < 4.78 is 6.86. The largest absolute Gasteiger partial charge is 0.441 e. The Kier molecular flexibility index (Phi) is 5.88. The van der Waals surface area contributed by atoms with E-state index < -0.39 is 12.2 Å². The molecule has 0 spiro atoms. The van der Waals surface area contributed by atoms with Crippen LogP contribution >= 0.6 is 11.6 Å². The number of carbonyl (C=O) groups excluding carboxylic acids is 2. The Hall–Kier alpha value is -3.57. The maximum absolute atomic E-state index is 12.5. The smallest absolute Gasteiger partial charge is 0.413 e. The molecule has 4 atom stereocenters. The summed E-state index contributed by atoms with van der Waals surface area (Å²) in [5.74, 6) is 1.30. The minimum atomic E-state index is -0.701. The molecule has 176 valence electrons. The van der Waals surface area contributed by atoms with Gasteiger partial charge in [0.15, 0.2) is 11.5 Å². The molecule has 0 bridgehead atoms. The average Bonchev–Trinajstić information content (AvgIpc) is 3.10. The van der Waals surface area contributed by atoms with Gasteiger partial charge in [-0.3, -0.25) is 15.1 Å². The highest BCUT2D eigenvalue weighted by Gasteiger charge is 2.56. The molecule has 1 aliphatic carbocycles.